The van der Waals surface area contributed by atoms with Crippen LogP contribution in [0.5, 0.6) is 11.5 Å². The molecule has 0 aliphatic rings. The van der Waals surface area contributed by atoms with Crippen molar-refractivity contribution in [1.29, 1.82) is 0 Å². The second kappa shape index (κ2) is 21.8. The van der Waals surface area contributed by atoms with E-state index in [0.717, 1.165) is 54.6 Å². The van der Waals surface area contributed by atoms with Gasteiger partial charge in [0.15, 0.2) is 0 Å². The number of sulfonamides is 1. The third kappa shape index (κ3) is 13.1. The maximum atomic E-state index is 13.6. The van der Waals surface area contributed by atoms with Crippen LogP contribution in [-0.2, 0) is 49.0 Å². The molecule has 55 heavy (non-hydrogen) atoms. The summed E-state index contributed by atoms with van der Waals surface area (Å²) < 4.78 is 108. The Morgan fingerprint density at radius 1 is 0.618 bits per heavy atom. The van der Waals surface area contributed by atoms with Gasteiger partial charge in [0.05, 0.1) is 50.1 Å². The van der Waals surface area contributed by atoms with Crippen LogP contribution >= 0.6 is 24.1 Å². The largest absolute Gasteiger partial charge is 1.00 e. The van der Waals surface area contributed by atoms with Crippen molar-refractivity contribution < 1.29 is 197 Å². The molecule has 0 atom stereocenters. The third-order valence-corrected chi connectivity index (χ3v) is 10.8. The molecule has 0 aliphatic heterocycles. The van der Waals surface area contributed by atoms with E-state index >= 15 is 0 Å². The van der Waals surface area contributed by atoms with E-state index in [1.165, 1.54) is 12.1 Å². The van der Waals surface area contributed by atoms with Crippen molar-refractivity contribution in [2.24, 2.45) is 0 Å². The Morgan fingerprint density at radius 3 is 1.64 bits per heavy atom. The normalized spacial score (nSPS) is 11.4. The molecule has 1 amide bonds. The van der Waals surface area contributed by atoms with Crippen molar-refractivity contribution in [3.63, 3.8) is 0 Å². The van der Waals surface area contributed by atoms with Crippen molar-refractivity contribution in [2.75, 3.05) is 10.0 Å². The number of fused-ring (bicyclic) bond motifs is 2. The minimum absolute atomic E-state index is 0. The van der Waals surface area contributed by atoms with Gasteiger partial charge >= 0.3 is 118 Å². The first-order valence-corrected chi connectivity index (χ1v) is 18.9. The van der Waals surface area contributed by atoms with Crippen molar-refractivity contribution in [1.82, 2.24) is 0 Å². The van der Waals surface area contributed by atoms with E-state index in [2.05, 4.69) is 28.8 Å². The molecule has 0 aliphatic carbocycles. The Bertz CT molecular complexity index is 2550. The molecule has 0 heterocycles. The number of amides is 1. The standard InChI is InChI=1S/C27H20N2O17S5.4Na/c30-23-10-17(48-46-44-34)5-14-7-19(50(37,38)39)11-21(25(14)23)28-27(32)13-2-1-3-18(6-13)49(35,36)29-22-9-16(47-45-43-33)4-15-8-20(51(40,41)42)12-24(31)26(15)22;;;;/h1-12,29-31,33-34H,(H,28,32)(H,37,38,39)(H,40,41,42);;;;/q;4*+1/p-4. The summed E-state index contributed by atoms with van der Waals surface area (Å²) in [5.41, 5.74) is -1.11. The molecule has 0 spiro atoms. The summed E-state index contributed by atoms with van der Waals surface area (Å²) in [5, 5.41) is 50.0. The number of nitrogens with one attached hydrogen (secondary N) is 2. The summed E-state index contributed by atoms with van der Waals surface area (Å²) in [7, 11) is -14.9. The Morgan fingerprint density at radius 2 is 1.11 bits per heavy atom. The summed E-state index contributed by atoms with van der Waals surface area (Å²) in [5.74, 6) is -2.42. The van der Waals surface area contributed by atoms with Gasteiger partial charge in [-0.15, -0.1) is 0 Å². The van der Waals surface area contributed by atoms with E-state index in [-0.39, 0.29) is 173 Å². The third-order valence-electron chi connectivity index (χ3n) is 6.74. The molecule has 28 heteroatoms. The summed E-state index contributed by atoms with van der Waals surface area (Å²) in [6, 6.07) is 11.9. The van der Waals surface area contributed by atoms with Gasteiger partial charge in [-0.05, 0) is 77.5 Å². The predicted molar refractivity (Wildman–Crippen MR) is 168 cm³/mol. The minimum atomic E-state index is -5.13. The van der Waals surface area contributed by atoms with Crippen LogP contribution in [-0.4, -0.2) is 50.5 Å². The van der Waals surface area contributed by atoms with Crippen molar-refractivity contribution >= 4 is 93.2 Å². The topological polar surface area (TPSA) is 313 Å². The van der Waals surface area contributed by atoms with Crippen LogP contribution in [0.3, 0.4) is 0 Å². The quantitative estimate of drug-likeness (QED) is 0.0280. The average molecular weight is 893 g/mol. The van der Waals surface area contributed by atoms with Gasteiger partial charge in [-0.2, -0.15) is 8.67 Å². The Labute approximate surface area is 408 Å². The van der Waals surface area contributed by atoms with Crippen LogP contribution in [0.15, 0.2) is 97.3 Å². The van der Waals surface area contributed by atoms with E-state index in [4.69, 9.17) is 0 Å². The average Bonchev–Trinajstić information content (AvgIpc) is 3.04. The van der Waals surface area contributed by atoms with Crippen LogP contribution in [0.1, 0.15) is 10.4 Å². The maximum absolute atomic E-state index is 13.6. The number of aromatic hydroxyl groups is 2. The second-order valence-electron chi connectivity index (χ2n) is 9.96. The molecule has 0 unspecified atom stereocenters. The zero-order valence-corrected chi connectivity index (χ0v) is 40.6. The number of carbonyl (C=O) groups is 1. The number of anilines is 2. The monoisotopic (exact) mass is 892 g/mol. The molecule has 5 rings (SSSR count). The number of benzene rings is 5. The van der Waals surface area contributed by atoms with Crippen molar-refractivity contribution in [3.05, 3.63) is 78.4 Å². The Hall–Kier alpha value is -0.280. The van der Waals surface area contributed by atoms with Crippen LogP contribution in [0.2, 0.25) is 0 Å². The van der Waals surface area contributed by atoms with Crippen LogP contribution in [0.25, 0.3) is 21.5 Å². The first kappa shape index (κ1) is 52.7. The number of hydrogen-bond donors (Lipinski definition) is 4. The maximum Gasteiger partial charge on any atom is 1.00 e. The zero-order chi connectivity index (χ0) is 37.3. The Balaban J connectivity index is 0.00000378. The molecule has 0 saturated heterocycles. The number of hydrogen-bond acceptors (Lipinski definition) is 19. The van der Waals surface area contributed by atoms with E-state index in [0.29, 0.717) is 18.1 Å². The first-order valence-electron chi connectivity index (χ1n) is 13.1. The van der Waals surface area contributed by atoms with Gasteiger partial charge in [0, 0.05) is 26.1 Å². The molecular weight excluding hydrogens is 877 g/mol. The summed E-state index contributed by atoms with van der Waals surface area (Å²) in [6.07, 6.45) is 0. The van der Waals surface area contributed by atoms with Gasteiger partial charge in [0.1, 0.15) is 31.7 Å². The van der Waals surface area contributed by atoms with Gasteiger partial charge in [0.2, 0.25) is 0 Å². The SMILES string of the molecule is O=C(Nc1cc(S(=O)(=O)[O-])cc2cc(SOO[O-])cc(O)c12)c1cccc(S(=O)(=O)Nc2cc(SOO[O-])cc3cc(S(=O)(=O)[O-])cc(O)c23)c1.[Na+].[Na+].[Na+].[Na+]. The van der Waals surface area contributed by atoms with E-state index in [9.17, 15) is 59.9 Å². The molecule has 4 N–H and O–H groups in total. The number of rotatable bonds is 13. The van der Waals surface area contributed by atoms with Gasteiger partial charge in [-0.3, -0.25) is 19.6 Å². The molecule has 0 radical (unpaired) electrons. The van der Waals surface area contributed by atoms with Crippen LogP contribution in [0, 0.1) is 0 Å². The fourth-order valence-corrected chi connectivity index (χ4v) is 7.81. The van der Waals surface area contributed by atoms with E-state index in [1.807, 2.05) is 0 Å². The van der Waals surface area contributed by atoms with Crippen molar-refractivity contribution in [2.45, 2.75) is 24.5 Å². The summed E-state index contributed by atoms with van der Waals surface area (Å²) >= 11 is 0.616. The van der Waals surface area contributed by atoms with Gasteiger partial charge in [-0.1, -0.05) is 6.07 Å². The summed E-state index contributed by atoms with van der Waals surface area (Å²) in [6.45, 7) is 0. The zero-order valence-electron chi connectivity index (χ0n) is 28.5. The molecule has 19 nitrogen and oxygen atoms in total. The molecule has 270 valence electrons. The molecule has 0 saturated carbocycles. The fourth-order valence-electron chi connectivity index (χ4n) is 4.75. The van der Waals surface area contributed by atoms with Crippen molar-refractivity contribution in [3.8, 4) is 11.5 Å². The smallest absolute Gasteiger partial charge is 0.744 e. The number of phenols is 2. The van der Waals surface area contributed by atoms with E-state index < -0.39 is 68.0 Å². The molecule has 0 bridgehead atoms. The number of phenolic OH excluding ortho intramolecular Hbond substituents is 2. The molecule has 0 fully saturated rings. The first-order chi connectivity index (χ1) is 23.9. The minimum Gasteiger partial charge on any atom is -0.744 e. The molecule has 5 aromatic carbocycles. The van der Waals surface area contributed by atoms with Gasteiger partial charge in [0.25, 0.3) is 15.9 Å². The summed E-state index contributed by atoms with van der Waals surface area (Å²) in [4.78, 5) is 11.1. The van der Waals surface area contributed by atoms with Crippen LogP contribution in [0.4, 0.5) is 11.4 Å². The predicted octanol–water partition coefficient (Wildman–Crippen LogP) is -10.3. The van der Waals surface area contributed by atoms with Gasteiger partial charge in [-0.25, -0.2) is 25.3 Å². The Kier molecular flexibility index (Phi) is 20.9. The fraction of sp³-hybridized carbons (Fsp3) is 0. The number of carbonyl (C=O) groups excluding carboxylic acids is 1. The molecular formula is C27H16N2Na4O17S5. The second-order valence-corrected chi connectivity index (χ2v) is 15.9. The van der Waals surface area contributed by atoms with Crippen LogP contribution < -0.4 is 139 Å². The van der Waals surface area contributed by atoms with E-state index in [1.54, 1.807) is 0 Å². The van der Waals surface area contributed by atoms with Gasteiger partial charge < -0.3 is 35.1 Å². The molecule has 0 aromatic heterocycles. The molecule has 5 aromatic rings.